The summed E-state index contributed by atoms with van der Waals surface area (Å²) < 4.78 is 0. The standard InChI is InChI=1S/FH.2Na.H2O.2H/h1H;;;1H2;;. The molecule has 0 amide bonds. The molecular weight excluding hydrogens is 81.0 g/mol. The van der Waals surface area contributed by atoms with E-state index in [1.54, 1.807) is 0 Å². The van der Waals surface area contributed by atoms with E-state index in [-0.39, 0.29) is 69.3 Å². The van der Waals surface area contributed by atoms with Gasteiger partial charge in [-0.3, -0.25) is 4.70 Å². The average Bonchev–Trinajstić information content (AvgIpc) is 0. The van der Waals surface area contributed by atoms with Gasteiger partial charge in [0.25, 0.3) is 0 Å². The molecule has 0 radical (unpaired) electrons. The van der Waals surface area contributed by atoms with Gasteiger partial charge in [0.1, 0.15) is 0 Å². The first-order valence-electron chi connectivity index (χ1n) is 0. The van der Waals surface area contributed by atoms with Gasteiger partial charge < -0.3 is 5.48 Å². The summed E-state index contributed by atoms with van der Waals surface area (Å²) in [4.78, 5) is 0. The molecule has 0 bridgehead atoms. The molecule has 0 heterocycles. The summed E-state index contributed by atoms with van der Waals surface area (Å²) in [7, 11) is 0. The van der Waals surface area contributed by atoms with E-state index in [2.05, 4.69) is 0 Å². The van der Waals surface area contributed by atoms with Gasteiger partial charge in [-0.1, -0.05) is 0 Å². The Morgan fingerprint density at radius 1 is 0.750 bits per heavy atom. The van der Waals surface area contributed by atoms with Crippen LogP contribution in [-0.2, 0) is 0 Å². The fourth-order valence-corrected chi connectivity index (χ4v) is 0. The SMILES string of the molecule is F.O.[NaH].[NaH]. The van der Waals surface area contributed by atoms with Crippen molar-refractivity contribution in [2.75, 3.05) is 0 Å². The van der Waals surface area contributed by atoms with Gasteiger partial charge in [0.05, 0.1) is 0 Å². The third-order valence-electron chi connectivity index (χ3n) is 0. The minimum atomic E-state index is 0. The zero-order chi connectivity index (χ0) is 0. The fraction of sp³-hybridized carbons (Fsp3) is 0. The summed E-state index contributed by atoms with van der Waals surface area (Å²) in [5.41, 5.74) is 0. The summed E-state index contributed by atoms with van der Waals surface area (Å²) in [6, 6.07) is 0. The molecule has 4 heavy (non-hydrogen) atoms. The molecule has 0 unspecified atom stereocenters. The molecule has 2 N–H and O–H groups in total. The van der Waals surface area contributed by atoms with Crippen LogP contribution in [0, 0.1) is 0 Å². The molecule has 0 rings (SSSR count). The average molecular weight is 86.0 g/mol. The van der Waals surface area contributed by atoms with Crippen molar-refractivity contribution in [1.29, 1.82) is 0 Å². The zero-order valence-corrected chi connectivity index (χ0v) is 0.908. The molecule has 20 valence electrons. The molecule has 0 aliphatic rings. The molecule has 0 fully saturated rings. The molecular formula is H5FNa2O. The maximum atomic E-state index is 0. The van der Waals surface area contributed by atoms with E-state index < -0.39 is 0 Å². The second-order valence-corrected chi connectivity index (χ2v) is 0. The number of hydrogen-bond donors (Lipinski definition) is 0. The molecule has 0 atom stereocenters. The van der Waals surface area contributed by atoms with Gasteiger partial charge in [-0.2, -0.15) is 0 Å². The van der Waals surface area contributed by atoms with Crippen molar-refractivity contribution in [3.63, 3.8) is 0 Å². The minimum absolute atomic E-state index is 0. The molecule has 0 aliphatic heterocycles. The van der Waals surface area contributed by atoms with Crippen LogP contribution in [0.25, 0.3) is 0 Å². The Kier molecular flexibility index (Phi) is 204. The van der Waals surface area contributed by atoms with E-state index in [9.17, 15) is 0 Å². The first kappa shape index (κ1) is 39.4. The second-order valence-electron chi connectivity index (χ2n) is 0. The Labute approximate surface area is 68.4 Å². The van der Waals surface area contributed by atoms with E-state index in [4.69, 9.17) is 0 Å². The van der Waals surface area contributed by atoms with Gasteiger partial charge in [0.2, 0.25) is 0 Å². The van der Waals surface area contributed by atoms with Crippen LogP contribution in [0.5, 0.6) is 0 Å². The summed E-state index contributed by atoms with van der Waals surface area (Å²) in [6.07, 6.45) is 0. The van der Waals surface area contributed by atoms with Crippen molar-refractivity contribution in [1.82, 2.24) is 0 Å². The number of rotatable bonds is 0. The van der Waals surface area contributed by atoms with Crippen LogP contribution in [0.1, 0.15) is 0 Å². The topological polar surface area (TPSA) is 31.5 Å². The van der Waals surface area contributed by atoms with Gasteiger partial charge in [0, 0.05) is 0 Å². The van der Waals surface area contributed by atoms with Crippen LogP contribution in [-0.4, -0.2) is 64.6 Å². The molecule has 0 aromatic heterocycles. The van der Waals surface area contributed by atoms with Crippen molar-refractivity contribution in [3.8, 4) is 0 Å². The van der Waals surface area contributed by atoms with Crippen molar-refractivity contribution >= 4 is 59.1 Å². The Morgan fingerprint density at radius 3 is 0.750 bits per heavy atom. The third kappa shape index (κ3) is 9.10. The Bertz CT molecular complexity index is 6.00. The van der Waals surface area contributed by atoms with Crippen LogP contribution >= 0.6 is 0 Å². The van der Waals surface area contributed by atoms with E-state index in [1.165, 1.54) is 0 Å². The van der Waals surface area contributed by atoms with Crippen molar-refractivity contribution in [2.45, 2.75) is 0 Å². The van der Waals surface area contributed by atoms with Gasteiger partial charge in [-0.25, -0.2) is 0 Å². The monoisotopic (exact) mass is 86.0 g/mol. The molecule has 0 aliphatic carbocycles. The van der Waals surface area contributed by atoms with Gasteiger partial charge in [0.15, 0.2) is 0 Å². The summed E-state index contributed by atoms with van der Waals surface area (Å²) in [5, 5.41) is 0. The molecule has 1 nitrogen and oxygen atoms in total. The normalized spacial score (nSPS) is 0. The van der Waals surface area contributed by atoms with Crippen LogP contribution in [0.3, 0.4) is 0 Å². The fourth-order valence-electron chi connectivity index (χ4n) is 0. The summed E-state index contributed by atoms with van der Waals surface area (Å²) in [6.45, 7) is 0. The second kappa shape index (κ2) is 20.7. The Morgan fingerprint density at radius 2 is 0.750 bits per heavy atom. The molecule has 0 saturated carbocycles. The van der Waals surface area contributed by atoms with E-state index in [0.717, 1.165) is 0 Å². The zero-order valence-electron chi connectivity index (χ0n) is 0.908. The van der Waals surface area contributed by atoms with Gasteiger partial charge in [-0.05, 0) is 0 Å². The Hall–Kier alpha value is 1.89. The quantitative estimate of drug-likeness (QED) is 0.306. The Balaban J connectivity index is 0. The maximum absolute atomic E-state index is 0. The van der Waals surface area contributed by atoms with Crippen LogP contribution < -0.4 is 0 Å². The molecule has 4 heteroatoms. The van der Waals surface area contributed by atoms with E-state index in [1.807, 2.05) is 0 Å². The van der Waals surface area contributed by atoms with Crippen molar-refractivity contribution in [3.05, 3.63) is 0 Å². The predicted octanol–water partition coefficient (Wildman–Crippen LogP) is -1.97. The molecule has 0 spiro atoms. The number of halogens is 1. The molecule has 0 aromatic rings. The van der Waals surface area contributed by atoms with Crippen molar-refractivity contribution in [2.24, 2.45) is 0 Å². The van der Waals surface area contributed by atoms with E-state index in [0.29, 0.717) is 0 Å². The first-order valence-corrected chi connectivity index (χ1v) is 0. The van der Waals surface area contributed by atoms with E-state index >= 15 is 0 Å². The van der Waals surface area contributed by atoms with Crippen LogP contribution in [0.15, 0.2) is 0 Å². The summed E-state index contributed by atoms with van der Waals surface area (Å²) >= 11 is 0. The first-order chi connectivity index (χ1) is 0. The number of hydrogen-bond acceptors (Lipinski definition) is 0. The van der Waals surface area contributed by atoms with Crippen LogP contribution in [0.4, 0.5) is 4.70 Å². The third-order valence-corrected chi connectivity index (χ3v) is 0. The van der Waals surface area contributed by atoms with Gasteiger partial charge >= 0.3 is 59.1 Å². The van der Waals surface area contributed by atoms with Gasteiger partial charge in [-0.15, -0.1) is 0 Å². The molecule has 0 saturated heterocycles. The predicted molar refractivity (Wildman–Crippen MR) is 20.4 cm³/mol. The van der Waals surface area contributed by atoms with Crippen LogP contribution in [0.2, 0.25) is 0 Å². The molecule has 0 aromatic carbocycles. The van der Waals surface area contributed by atoms with Crippen molar-refractivity contribution < 1.29 is 10.2 Å². The summed E-state index contributed by atoms with van der Waals surface area (Å²) in [5.74, 6) is 0.